The zero-order valence-electron chi connectivity index (χ0n) is 10.2. The highest BCUT2D eigenvalue weighted by molar-refractivity contribution is 6.05. The molecule has 0 saturated carbocycles. The van der Waals surface area contributed by atoms with Gasteiger partial charge in [0.1, 0.15) is 0 Å². The smallest absolute Gasteiger partial charge is 0.204 e. The van der Waals surface area contributed by atoms with E-state index in [-0.39, 0.29) is 22.7 Å². The normalized spacial score (nSPS) is 9.65. The van der Waals surface area contributed by atoms with Crippen LogP contribution in [0.2, 0.25) is 0 Å². The molecule has 92 valence electrons. The largest absolute Gasteiger partial charge is 0.493 e. The summed E-state index contributed by atoms with van der Waals surface area (Å²) in [6.45, 7) is 1.36. The number of methoxy groups -OCH3 is 3. The van der Waals surface area contributed by atoms with Crippen molar-refractivity contribution in [3.63, 3.8) is 0 Å². The molecule has 0 aliphatic heterocycles. The molecule has 17 heavy (non-hydrogen) atoms. The number of ether oxygens (including phenoxy) is 3. The molecule has 1 rings (SSSR count). The minimum Gasteiger partial charge on any atom is -0.493 e. The Morgan fingerprint density at radius 3 is 2.06 bits per heavy atom. The summed E-state index contributed by atoms with van der Waals surface area (Å²) in [7, 11) is 4.28. The fraction of sp³-hybridized carbons (Fsp3) is 0.333. The Morgan fingerprint density at radius 2 is 1.71 bits per heavy atom. The van der Waals surface area contributed by atoms with Gasteiger partial charge in [0.2, 0.25) is 5.75 Å². The van der Waals surface area contributed by atoms with Crippen LogP contribution in [0, 0.1) is 0 Å². The second-order valence-electron chi connectivity index (χ2n) is 3.28. The molecule has 0 heterocycles. The van der Waals surface area contributed by atoms with Gasteiger partial charge in [-0.15, -0.1) is 0 Å². The van der Waals surface area contributed by atoms with Gasteiger partial charge in [-0.2, -0.15) is 0 Å². The minimum atomic E-state index is -0.273. The molecule has 0 radical (unpaired) electrons. The Labute approximate surface area is 99.3 Å². The molecule has 0 fully saturated rings. The summed E-state index contributed by atoms with van der Waals surface area (Å²) in [5.74, 6) is 0.577. The Morgan fingerprint density at radius 1 is 1.12 bits per heavy atom. The number of ketones is 1. The fourth-order valence-electron chi connectivity index (χ4n) is 1.63. The average molecular weight is 238 g/mol. The van der Waals surface area contributed by atoms with E-state index in [1.54, 1.807) is 0 Å². The first kappa shape index (κ1) is 13.0. The number of Topliss-reactive ketones (excluding diaryl/α,β-unsaturated/α-hetero) is 1. The van der Waals surface area contributed by atoms with Crippen LogP contribution in [0.15, 0.2) is 6.07 Å². The molecular weight excluding hydrogens is 224 g/mol. The Hall–Kier alpha value is -2.04. The van der Waals surface area contributed by atoms with Crippen LogP contribution >= 0.6 is 0 Å². The molecule has 5 heteroatoms. The monoisotopic (exact) mass is 238 g/mol. The summed E-state index contributed by atoms with van der Waals surface area (Å²) in [6.07, 6.45) is 0.585. The molecule has 0 aliphatic carbocycles. The van der Waals surface area contributed by atoms with Crippen LogP contribution in [-0.2, 0) is 0 Å². The average Bonchev–Trinajstić information content (AvgIpc) is 2.35. The third kappa shape index (κ3) is 2.22. The van der Waals surface area contributed by atoms with Crippen LogP contribution < -0.4 is 14.2 Å². The van der Waals surface area contributed by atoms with Crippen molar-refractivity contribution in [2.24, 2.45) is 0 Å². The van der Waals surface area contributed by atoms with Gasteiger partial charge >= 0.3 is 0 Å². The third-order valence-electron chi connectivity index (χ3n) is 2.34. The highest BCUT2D eigenvalue weighted by atomic mass is 16.5. The Kier molecular flexibility index (Phi) is 4.09. The van der Waals surface area contributed by atoms with Crippen LogP contribution in [0.25, 0.3) is 0 Å². The highest BCUT2D eigenvalue weighted by Crippen LogP contribution is 2.41. The van der Waals surface area contributed by atoms with Crippen molar-refractivity contribution in [2.75, 3.05) is 21.3 Å². The molecule has 0 saturated heterocycles. The van der Waals surface area contributed by atoms with Crippen molar-refractivity contribution in [3.8, 4) is 17.2 Å². The second kappa shape index (κ2) is 5.34. The molecule has 0 bridgehead atoms. The van der Waals surface area contributed by atoms with Crippen molar-refractivity contribution >= 4 is 12.1 Å². The van der Waals surface area contributed by atoms with Gasteiger partial charge in [-0.05, 0) is 13.0 Å². The lowest BCUT2D eigenvalue weighted by atomic mass is 10.0. The predicted octanol–water partition coefficient (Wildman–Crippen LogP) is 1.73. The lowest BCUT2D eigenvalue weighted by Gasteiger charge is -2.16. The van der Waals surface area contributed by atoms with Gasteiger partial charge in [0.15, 0.2) is 23.6 Å². The van der Waals surface area contributed by atoms with Crippen molar-refractivity contribution in [2.45, 2.75) is 6.92 Å². The number of benzene rings is 1. The summed E-state index contributed by atoms with van der Waals surface area (Å²) in [5, 5.41) is 0. The topological polar surface area (TPSA) is 61.8 Å². The molecule has 1 aromatic rings. The Balaban J connectivity index is 3.67. The zero-order chi connectivity index (χ0) is 13.0. The van der Waals surface area contributed by atoms with Gasteiger partial charge < -0.3 is 14.2 Å². The van der Waals surface area contributed by atoms with Crippen molar-refractivity contribution in [1.82, 2.24) is 0 Å². The van der Waals surface area contributed by atoms with Gasteiger partial charge in [-0.1, -0.05) is 0 Å². The maximum Gasteiger partial charge on any atom is 0.204 e. The highest BCUT2D eigenvalue weighted by Gasteiger charge is 2.22. The molecule has 0 amide bonds. The van der Waals surface area contributed by atoms with Crippen LogP contribution in [0.5, 0.6) is 17.2 Å². The summed E-state index contributed by atoms with van der Waals surface area (Å²) in [5.41, 5.74) is 0.409. The van der Waals surface area contributed by atoms with E-state index >= 15 is 0 Å². The zero-order valence-corrected chi connectivity index (χ0v) is 10.2. The minimum absolute atomic E-state index is 0.195. The number of hydrogen-bond acceptors (Lipinski definition) is 5. The van der Waals surface area contributed by atoms with E-state index in [0.717, 1.165) is 0 Å². The van der Waals surface area contributed by atoms with Gasteiger partial charge in [0, 0.05) is 5.56 Å². The van der Waals surface area contributed by atoms with Gasteiger partial charge in [-0.3, -0.25) is 9.59 Å². The number of aldehydes is 1. The molecule has 0 spiro atoms. The lowest BCUT2D eigenvalue weighted by molar-refractivity contribution is 0.100. The van der Waals surface area contributed by atoms with Gasteiger partial charge in [-0.25, -0.2) is 0 Å². The van der Waals surface area contributed by atoms with E-state index in [9.17, 15) is 9.59 Å². The van der Waals surface area contributed by atoms with Crippen LogP contribution in [-0.4, -0.2) is 33.4 Å². The van der Waals surface area contributed by atoms with Gasteiger partial charge in [0.25, 0.3) is 0 Å². The van der Waals surface area contributed by atoms with E-state index in [0.29, 0.717) is 17.8 Å². The maximum atomic E-state index is 11.5. The molecule has 0 N–H and O–H groups in total. The molecule has 0 atom stereocenters. The number of hydrogen-bond donors (Lipinski definition) is 0. The van der Waals surface area contributed by atoms with E-state index in [2.05, 4.69) is 0 Å². The quantitative estimate of drug-likeness (QED) is 0.577. The SMILES string of the molecule is COc1cc(C=O)c(C(C)=O)c(OC)c1OC. The fourth-order valence-corrected chi connectivity index (χ4v) is 1.63. The predicted molar refractivity (Wildman–Crippen MR) is 61.5 cm³/mol. The Bertz CT molecular complexity index is 451. The van der Waals surface area contributed by atoms with Gasteiger partial charge in [0.05, 0.1) is 26.9 Å². The van der Waals surface area contributed by atoms with E-state index < -0.39 is 0 Å². The summed E-state index contributed by atoms with van der Waals surface area (Å²) in [6, 6.07) is 1.45. The summed E-state index contributed by atoms with van der Waals surface area (Å²) in [4.78, 5) is 22.5. The standard InChI is InChI=1S/C12H14O5/c1-7(14)10-8(6-13)5-9(15-2)11(16-3)12(10)17-4/h5-6H,1-4H3. The molecular formula is C12H14O5. The number of carbonyl (C=O) groups excluding carboxylic acids is 2. The molecule has 1 aromatic carbocycles. The van der Waals surface area contributed by atoms with Crippen LogP contribution in [0.3, 0.4) is 0 Å². The first-order chi connectivity index (χ1) is 8.10. The van der Waals surface area contributed by atoms with E-state index in [4.69, 9.17) is 14.2 Å². The number of carbonyl (C=O) groups is 2. The summed E-state index contributed by atoms with van der Waals surface area (Å²) >= 11 is 0. The lowest BCUT2D eigenvalue weighted by Crippen LogP contribution is -2.06. The molecule has 0 aromatic heterocycles. The summed E-state index contributed by atoms with van der Waals surface area (Å²) < 4.78 is 15.3. The van der Waals surface area contributed by atoms with E-state index in [1.807, 2.05) is 0 Å². The second-order valence-corrected chi connectivity index (χ2v) is 3.28. The third-order valence-corrected chi connectivity index (χ3v) is 2.34. The molecule has 0 unspecified atom stereocenters. The number of rotatable bonds is 5. The molecule has 5 nitrogen and oxygen atoms in total. The van der Waals surface area contributed by atoms with E-state index in [1.165, 1.54) is 34.3 Å². The van der Waals surface area contributed by atoms with Crippen LogP contribution in [0.4, 0.5) is 0 Å². The first-order valence-electron chi connectivity index (χ1n) is 4.89. The van der Waals surface area contributed by atoms with Crippen LogP contribution in [0.1, 0.15) is 27.6 Å². The first-order valence-corrected chi connectivity index (χ1v) is 4.89. The van der Waals surface area contributed by atoms with Crippen molar-refractivity contribution in [1.29, 1.82) is 0 Å². The van der Waals surface area contributed by atoms with Crippen molar-refractivity contribution in [3.05, 3.63) is 17.2 Å². The maximum absolute atomic E-state index is 11.5. The van der Waals surface area contributed by atoms with Crippen molar-refractivity contribution < 1.29 is 23.8 Å². The molecule has 0 aliphatic rings.